The van der Waals surface area contributed by atoms with Crippen molar-refractivity contribution < 1.29 is 14.3 Å². The Kier molecular flexibility index (Phi) is 2.66. The standard InChI is InChI=1S/C10H7FN2O2S/c1-5-4-6(2-3-7(5)11)8-9(10(14)15)13-16-12-8/h2-4H,1H3,(H,14,15). The summed E-state index contributed by atoms with van der Waals surface area (Å²) in [7, 11) is 0. The van der Waals surface area contributed by atoms with Crippen LogP contribution in [0.4, 0.5) is 4.39 Å². The van der Waals surface area contributed by atoms with Gasteiger partial charge >= 0.3 is 5.97 Å². The Hall–Kier alpha value is -1.82. The smallest absolute Gasteiger partial charge is 0.357 e. The molecule has 0 aliphatic carbocycles. The normalized spacial score (nSPS) is 10.4. The average molecular weight is 238 g/mol. The first-order valence-corrected chi connectivity index (χ1v) is 5.15. The second kappa shape index (κ2) is 3.97. The molecule has 0 amide bonds. The van der Waals surface area contributed by atoms with E-state index < -0.39 is 5.97 Å². The third kappa shape index (κ3) is 1.79. The van der Waals surface area contributed by atoms with Crippen molar-refractivity contribution in [3.05, 3.63) is 35.3 Å². The minimum Gasteiger partial charge on any atom is -0.476 e. The van der Waals surface area contributed by atoms with Crippen LogP contribution in [0.3, 0.4) is 0 Å². The Morgan fingerprint density at radius 3 is 2.81 bits per heavy atom. The topological polar surface area (TPSA) is 63.1 Å². The first-order valence-electron chi connectivity index (χ1n) is 4.42. The Morgan fingerprint density at radius 1 is 1.44 bits per heavy atom. The number of benzene rings is 1. The maximum Gasteiger partial charge on any atom is 0.357 e. The molecular weight excluding hydrogens is 231 g/mol. The number of aromatic nitrogens is 2. The number of halogens is 1. The molecule has 0 unspecified atom stereocenters. The van der Waals surface area contributed by atoms with Crippen molar-refractivity contribution in [2.45, 2.75) is 6.92 Å². The van der Waals surface area contributed by atoms with Gasteiger partial charge in [0.25, 0.3) is 0 Å². The average Bonchev–Trinajstić information content (AvgIpc) is 2.71. The number of carbonyl (C=O) groups is 1. The minimum atomic E-state index is -1.13. The maximum absolute atomic E-state index is 13.0. The lowest BCUT2D eigenvalue weighted by atomic mass is 10.1. The van der Waals surface area contributed by atoms with Crippen LogP contribution in [0.5, 0.6) is 0 Å². The van der Waals surface area contributed by atoms with Crippen molar-refractivity contribution in [3.8, 4) is 11.3 Å². The fourth-order valence-corrected chi connectivity index (χ4v) is 1.87. The SMILES string of the molecule is Cc1cc(-c2nsnc2C(=O)O)ccc1F. The van der Waals surface area contributed by atoms with Gasteiger partial charge in [0.05, 0.1) is 11.7 Å². The van der Waals surface area contributed by atoms with Gasteiger partial charge in [-0.15, -0.1) is 0 Å². The fraction of sp³-hybridized carbons (Fsp3) is 0.100. The molecule has 6 heteroatoms. The molecule has 0 radical (unpaired) electrons. The van der Waals surface area contributed by atoms with E-state index >= 15 is 0 Å². The summed E-state index contributed by atoms with van der Waals surface area (Å²) in [5, 5.41) is 8.87. The second-order valence-electron chi connectivity index (χ2n) is 3.23. The number of carboxylic acid groups (broad SMARTS) is 1. The molecule has 82 valence electrons. The summed E-state index contributed by atoms with van der Waals surface area (Å²) >= 11 is 0.825. The van der Waals surface area contributed by atoms with Gasteiger partial charge in [-0.3, -0.25) is 0 Å². The van der Waals surface area contributed by atoms with E-state index in [1.807, 2.05) is 0 Å². The molecule has 0 atom stereocenters. The highest BCUT2D eigenvalue weighted by Crippen LogP contribution is 2.23. The van der Waals surface area contributed by atoms with Crippen molar-refractivity contribution in [2.24, 2.45) is 0 Å². The molecule has 1 aromatic heterocycles. The molecule has 1 heterocycles. The molecular formula is C10H7FN2O2S. The summed E-state index contributed by atoms with van der Waals surface area (Å²) in [5.74, 6) is -1.46. The Balaban J connectivity index is 2.54. The third-order valence-electron chi connectivity index (χ3n) is 2.12. The van der Waals surface area contributed by atoms with Crippen molar-refractivity contribution in [1.29, 1.82) is 0 Å². The van der Waals surface area contributed by atoms with Gasteiger partial charge in [0.2, 0.25) is 0 Å². The van der Waals surface area contributed by atoms with Crippen LogP contribution in [0.1, 0.15) is 16.1 Å². The van der Waals surface area contributed by atoms with Crippen molar-refractivity contribution in [3.63, 3.8) is 0 Å². The number of aromatic carboxylic acids is 1. The summed E-state index contributed by atoms with van der Waals surface area (Å²) in [4.78, 5) is 10.8. The van der Waals surface area contributed by atoms with E-state index in [0.29, 0.717) is 11.1 Å². The molecule has 0 aliphatic rings. The number of aryl methyl sites for hydroxylation is 1. The van der Waals surface area contributed by atoms with Crippen LogP contribution in [0.15, 0.2) is 18.2 Å². The van der Waals surface area contributed by atoms with E-state index in [9.17, 15) is 9.18 Å². The number of hydrogen-bond donors (Lipinski definition) is 1. The van der Waals surface area contributed by atoms with E-state index in [1.54, 1.807) is 13.0 Å². The molecule has 1 N–H and O–H groups in total. The molecule has 4 nitrogen and oxygen atoms in total. The summed E-state index contributed by atoms with van der Waals surface area (Å²) < 4.78 is 20.6. The van der Waals surface area contributed by atoms with Crippen LogP contribution in [-0.2, 0) is 0 Å². The van der Waals surface area contributed by atoms with Crippen molar-refractivity contribution >= 4 is 17.7 Å². The number of nitrogens with zero attached hydrogens (tertiary/aromatic N) is 2. The highest BCUT2D eigenvalue weighted by molar-refractivity contribution is 6.99. The number of hydrogen-bond acceptors (Lipinski definition) is 4. The van der Waals surface area contributed by atoms with E-state index in [-0.39, 0.29) is 17.2 Å². The molecule has 0 spiro atoms. The molecule has 0 fully saturated rings. The summed E-state index contributed by atoms with van der Waals surface area (Å²) in [6.45, 7) is 1.61. The summed E-state index contributed by atoms with van der Waals surface area (Å²) in [6.07, 6.45) is 0. The summed E-state index contributed by atoms with van der Waals surface area (Å²) in [5.41, 5.74) is 1.18. The largest absolute Gasteiger partial charge is 0.476 e. The molecule has 0 bridgehead atoms. The van der Waals surface area contributed by atoms with Crippen LogP contribution >= 0.6 is 11.7 Å². The van der Waals surface area contributed by atoms with Crippen LogP contribution in [-0.4, -0.2) is 19.8 Å². The van der Waals surface area contributed by atoms with Crippen LogP contribution < -0.4 is 0 Å². The number of carboxylic acids is 1. The molecule has 0 saturated carbocycles. The zero-order valence-corrected chi connectivity index (χ0v) is 9.08. The van der Waals surface area contributed by atoms with Gasteiger partial charge in [0.15, 0.2) is 5.69 Å². The Labute approximate surface area is 94.7 Å². The van der Waals surface area contributed by atoms with E-state index in [1.165, 1.54) is 12.1 Å². The van der Waals surface area contributed by atoms with Gasteiger partial charge in [-0.2, -0.15) is 8.75 Å². The van der Waals surface area contributed by atoms with Crippen LogP contribution in [0.2, 0.25) is 0 Å². The van der Waals surface area contributed by atoms with Gasteiger partial charge < -0.3 is 5.11 Å². The fourth-order valence-electron chi connectivity index (χ4n) is 1.31. The lowest BCUT2D eigenvalue weighted by Crippen LogP contribution is -1.99. The maximum atomic E-state index is 13.0. The first-order chi connectivity index (χ1) is 7.59. The zero-order chi connectivity index (χ0) is 11.7. The summed E-state index contributed by atoms with van der Waals surface area (Å²) in [6, 6.07) is 4.33. The molecule has 1 aromatic carbocycles. The molecule has 2 aromatic rings. The van der Waals surface area contributed by atoms with Gasteiger partial charge in [-0.05, 0) is 30.7 Å². The minimum absolute atomic E-state index is 0.101. The monoisotopic (exact) mass is 238 g/mol. The van der Waals surface area contributed by atoms with Crippen molar-refractivity contribution in [1.82, 2.24) is 8.75 Å². The quantitative estimate of drug-likeness (QED) is 0.872. The Morgan fingerprint density at radius 2 is 2.19 bits per heavy atom. The van der Waals surface area contributed by atoms with Gasteiger partial charge in [0.1, 0.15) is 11.5 Å². The highest BCUT2D eigenvalue weighted by atomic mass is 32.1. The van der Waals surface area contributed by atoms with E-state index in [0.717, 1.165) is 11.7 Å². The lowest BCUT2D eigenvalue weighted by molar-refractivity contribution is 0.0692. The van der Waals surface area contributed by atoms with Gasteiger partial charge in [0, 0.05) is 5.56 Å². The highest BCUT2D eigenvalue weighted by Gasteiger charge is 2.17. The third-order valence-corrected chi connectivity index (χ3v) is 2.65. The predicted molar refractivity (Wildman–Crippen MR) is 57.0 cm³/mol. The lowest BCUT2D eigenvalue weighted by Gasteiger charge is -2.00. The molecule has 0 aliphatic heterocycles. The van der Waals surface area contributed by atoms with Crippen molar-refractivity contribution in [2.75, 3.05) is 0 Å². The molecule has 0 saturated heterocycles. The predicted octanol–water partition coefficient (Wildman–Crippen LogP) is 2.35. The first kappa shape index (κ1) is 10.7. The van der Waals surface area contributed by atoms with Crippen LogP contribution in [0, 0.1) is 12.7 Å². The second-order valence-corrected chi connectivity index (χ2v) is 3.76. The molecule has 16 heavy (non-hydrogen) atoms. The van der Waals surface area contributed by atoms with Crippen LogP contribution in [0.25, 0.3) is 11.3 Å². The van der Waals surface area contributed by atoms with E-state index in [2.05, 4.69) is 8.75 Å². The van der Waals surface area contributed by atoms with Gasteiger partial charge in [-0.1, -0.05) is 0 Å². The number of rotatable bonds is 2. The Bertz CT molecular complexity index is 554. The zero-order valence-electron chi connectivity index (χ0n) is 8.27. The molecule has 2 rings (SSSR count). The van der Waals surface area contributed by atoms with Gasteiger partial charge in [-0.25, -0.2) is 9.18 Å². The van der Waals surface area contributed by atoms with E-state index in [4.69, 9.17) is 5.11 Å².